The van der Waals surface area contributed by atoms with Crippen LogP contribution in [-0.2, 0) is 13.0 Å². The number of pyridine rings is 2. The van der Waals surface area contributed by atoms with E-state index in [1.165, 1.54) is 13.5 Å². The summed E-state index contributed by atoms with van der Waals surface area (Å²) in [4.78, 5) is 24.5. The highest BCUT2D eigenvalue weighted by molar-refractivity contribution is 5.96. The second kappa shape index (κ2) is 8.00. The summed E-state index contributed by atoms with van der Waals surface area (Å²) < 4.78 is 7.17. The zero-order chi connectivity index (χ0) is 23.4. The number of fused-ring (bicyclic) bond motifs is 2. The molecule has 1 amide bonds. The zero-order valence-electron chi connectivity index (χ0n) is 19.5. The van der Waals surface area contributed by atoms with Crippen molar-refractivity contribution in [1.82, 2.24) is 25.1 Å². The predicted octanol–water partition coefficient (Wildman–Crippen LogP) is 2.49. The summed E-state index contributed by atoms with van der Waals surface area (Å²) in [6.07, 6.45) is 6.40. The highest BCUT2D eigenvalue weighted by atomic mass is 16.5. The molecule has 3 aromatic rings. The summed E-state index contributed by atoms with van der Waals surface area (Å²) in [5, 5.41) is 7.61. The van der Waals surface area contributed by atoms with Crippen LogP contribution in [0.1, 0.15) is 51.6 Å². The first kappa shape index (κ1) is 20.9. The first-order valence-electron chi connectivity index (χ1n) is 11.9. The molecule has 2 fully saturated rings. The molecule has 1 saturated carbocycles. The van der Waals surface area contributed by atoms with Crippen LogP contribution < -0.4 is 20.7 Å². The van der Waals surface area contributed by atoms with Gasteiger partial charge < -0.3 is 20.7 Å². The molecule has 3 N–H and O–H groups in total. The summed E-state index contributed by atoms with van der Waals surface area (Å²) in [6, 6.07) is 6.04. The number of rotatable bonds is 6. The Labute approximate surface area is 198 Å². The van der Waals surface area contributed by atoms with Gasteiger partial charge in [0.25, 0.3) is 5.91 Å². The van der Waals surface area contributed by atoms with Crippen molar-refractivity contribution in [3.05, 3.63) is 58.5 Å². The minimum absolute atomic E-state index is 0.100. The Balaban J connectivity index is 1.17. The number of aromatic nitrogens is 4. The minimum Gasteiger partial charge on any atom is -0.479 e. The minimum atomic E-state index is -0.214. The number of nitrogens with zero attached hydrogens (tertiary/aromatic N) is 5. The highest BCUT2D eigenvalue weighted by Crippen LogP contribution is 2.46. The maximum Gasteiger partial charge on any atom is 0.258 e. The summed E-state index contributed by atoms with van der Waals surface area (Å²) in [7, 11) is 1.53. The third kappa shape index (κ3) is 3.65. The number of amides is 1. The first-order chi connectivity index (χ1) is 16.5. The molecular formula is C25H29N7O2. The molecule has 3 atom stereocenters. The molecule has 2 aliphatic carbocycles. The zero-order valence-corrected chi connectivity index (χ0v) is 19.5. The highest BCUT2D eigenvalue weighted by Gasteiger charge is 2.45. The Morgan fingerprint density at radius 3 is 2.85 bits per heavy atom. The number of hydrogen-bond acceptors (Lipinski definition) is 7. The van der Waals surface area contributed by atoms with Gasteiger partial charge in [0.2, 0.25) is 5.88 Å². The molecule has 0 radical (unpaired) electrons. The first-order valence-corrected chi connectivity index (χ1v) is 11.9. The van der Waals surface area contributed by atoms with Gasteiger partial charge in [-0.05, 0) is 66.8 Å². The van der Waals surface area contributed by atoms with E-state index in [4.69, 9.17) is 15.5 Å². The van der Waals surface area contributed by atoms with Gasteiger partial charge in [0.15, 0.2) is 0 Å². The summed E-state index contributed by atoms with van der Waals surface area (Å²) >= 11 is 0. The van der Waals surface area contributed by atoms with Crippen LogP contribution in [0, 0.1) is 18.8 Å². The van der Waals surface area contributed by atoms with Crippen molar-refractivity contribution >= 4 is 17.5 Å². The smallest absolute Gasteiger partial charge is 0.258 e. The SMILES string of the molecule is COc1nn(Cc2ccc(N3CC4CC4C3)nc2C)cc1C(=O)N[C@@H]1CCc2c1ccnc2N. The molecule has 4 heterocycles. The molecule has 6 rings (SSSR count). The van der Waals surface area contributed by atoms with Crippen molar-refractivity contribution in [2.24, 2.45) is 11.8 Å². The lowest BCUT2D eigenvalue weighted by atomic mass is 10.1. The Kier molecular flexibility index (Phi) is 4.93. The Hall–Kier alpha value is -3.62. The second-order valence-corrected chi connectivity index (χ2v) is 9.65. The fourth-order valence-corrected chi connectivity index (χ4v) is 5.42. The van der Waals surface area contributed by atoms with Gasteiger partial charge in [0.05, 0.1) is 19.7 Å². The molecule has 1 aliphatic heterocycles. The molecule has 0 bridgehead atoms. The summed E-state index contributed by atoms with van der Waals surface area (Å²) in [5.74, 6) is 3.43. The van der Waals surface area contributed by atoms with E-state index in [2.05, 4.69) is 32.4 Å². The number of aryl methyl sites for hydroxylation is 1. The van der Waals surface area contributed by atoms with Crippen LogP contribution in [-0.4, -0.2) is 45.9 Å². The summed E-state index contributed by atoms with van der Waals surface area (Å²) in [6.45, 7) is 4.80. The third-order valence-electron chi connectivity index (χ3n) is 7.47. The second-order valence-electron chi connectivity index (χ2n) is 9.65. The quantitative estimate of drug-likeness (QED) is 0.583. The van der Waals surface area contributed by atoms with Crippen LogP contribution in [0.5, 0.6) is 5.88 Å². The number of hydrogen-bond donors (Lipinski definition) is 2. The van der Waals surface area contributed by atoms with Crippen molar-refractivity contribution < 1.29 is 9.53 Å². The maximum atomic E-state index is 13.1. The molecule has 0 spiro atoms. The normalized spacial score (nSPS) is 22.4. The van der Waals surface area contributed by atoms with Gasteiger partial charge in [-0.25, -0.2) is 9.97 Å². The van der Waals surface area contributed by atoms with E-state index in [0.717, 1.165) is 66.0 Å². The monoisotopic (exact) mass is 459 g/mol. The number of methoxy groups -OCH3 is 1. The number of nitrogens with one attached hydrogen (secondary N) is 1. The van der Waals surface area contributed by atoms with Crippen molar-refractivity contribution in [3.63, 3.8) is 0 Å². The van der Waals surface area contributed by atoms with Gasteiger partial charge in [-0.15, -0.1) is 5.10 Å². The van der Waals surface area contributed by atoms with Crippen LogP contribution in [0.25, 0.3) is 0 Å². The Morgan fingerprint density at radius 1 is 1.26 bits per heavy atom. The van der Waals surface area contributed by atoms with E-state index in [-0.39, 0.29) is 11.9 Å². The Morgan fingerprint density at radius 2 is 2.09 bits per heavy atom. The molecule has 0 aromatic carbocycles. The van der Waals surface area contributed by atoms with Crippen LogP contribution in [0.3, 0.4) is 0 Å². The lowest BCUT2D eigenvalue weighted by Gasteiger charge is -2.20. The number of ether oxygens (including phenoxy) is 1. The molecule has 2 unspecified atom stereocenters. The number of nitrogens with two attached hydrogens (primary N) is 1. The van der Waals surface area contributed by atoms with Gasteiger partial charge in [-0.1, -0.05) is 6.07 Å². The van der Waals surface area contributed by atoms with E-state index >= 15 is 0 Å². The molecule has 34 heavy (non-hydrogen) atoms. The van der Waals surface area contributed by atoms with Gasteiger partial charge >= 0.3 is 0 Å². The van der Waals surface area contributed by atoms with Crippen molar-refractivity contribution in [1.29, 1.82) is 0 Å². The van der Waals surface area contributed by atoms with Crippen LogP contribution in [0.15, 0.2) is 30.6 Å². The molecule has 176 valence electrons. The van der Waals surface area contributed by atoms with Crippen LogP contribution in [0.4, 0.5) is 11.6 Å². The van der Waals surface area contributed by atoms with Gasteiger partial charge in [-0.3, -0.25) is 9.48 Å². The fraction of sp³-hybridized carbons (Fsp3) is 0.440. The van der Waals surface area contributed by atoms with Gasteiger partial charge in [-0.2, -0.15) is 0 Å². The number of carbonyl (C=O) groups is 1. The van der Waals surface area contributed by atoms with E-state index in [9.17, 15) is 4.79 Å². The van der Waals surface area contributed by atoms with Crippen molar-refractivity contribution in [2.75, 3.05) is 30.8 Å². The third-order valence-corrected chi connectivity index (χ3v) is 7.47. The molecule has 1 saturated heterocycles. The predicted molar refractivity (Wildman–Crippen MR) is 128 cm³/mol. The van der Waals surface area contributed by atoms with Crippen molar-refractivity contribution in [3.8, 4) is 5.88 Å². The van der Waals surface area contributed by atoms with E-state index in [0.29, 0.717) is 23.8 Å². The van der Waals surface area contributed by atoms with E-state index < -0.39 is 0 Å². The largest absolute Gasteiger partial charge is 0.479 e. The lowest BCUT2D eigenvalue weighted by molar-refractivity contribution is 0.0933. The molecule has 9 heteroatoms. The molecular weight excluding hydrogens is 430 g/mol. The molecule has 9 nitrogen and oxygen atoms in total. The number of carbonyl (C=O) groups excluding carboxylic acids is 1. The molecule has 3 aliphatic rings. The number of nitrogen functional groups attached to an aromatic ring is 1. The van der Waals surface area contributed by atoms with Crippen LogP contribution in [0.2, 0.25) is 0 Å². The average molecular weight is 460 g/mol. The van der Waals surface area contributed by atoms with E-state index in [1.54, 1.807) is 17.1 Å². The van der Waals surface area contributed by atoms with Gasteiger partial charge in [0, 0.05) is 31.2 Å². The number of anilines is 2. The molecule has 3 aromatic heterocycles. The average Bonchev–Trinajstić information content (AvgIpc) is 3.18. The van der Waals surface area contributed by atoms with E-state index in [1.807, 2.05) is 13.0 Å². The number of piperidine rings is 1. The lowest BCUT2D eigenvalue weighted by Crippen LogP contribution is -2.27. The van der Waals surface area contributed by atoms with Crippen LogP contribution >= 0.6 is 0 Å². The van der Waals surface area contributed by atoms with Crippen molar-refractivity contribution in [2.45, 2.75) is 38.8 Å². The maximum absolute atomic E-state index is 13.1. The summed E-state index contributed by atoms with van der Waals surface area (Å²) in [5.41, 5.74) is 10.5. The fourth-order valence-electron chi connectivity index (χ4n) is 5.42. The Bertz CT molecular complexity index is 1260. The topological polar surface area (TPSA) is 111 Å². The van der Waals surface area contributed by atoms with Gasteiger partial charge in [0.1, 0.15) is 17.2 Å². The standard InChI is InChI=1S/C25H29N7O2/c1-14-15(3-6-22(28-14)31-10-16-9-17(16)11-31)12-32-13-20(25(30-32)34-2)24(33)29-21-5-4-19-18(21)7-8-27-23(19)26/h3,6-8,13,16-17,21H,4-5,9-12H2,1-2H3,(H2,26,27)(H,29,33)/t16?,17?,21-/m1/s1.